The van der Waals surface area contributed by atoms with E-state index in [1.807, 2.05) is 36.4 Å². The summed E-state index contributed by atoms with van der Waals surface area (Å²) in [5.74, 6) is 0.934. The van der Waals surface area contributed by atoms with Gasteiger partial charge in [0.25, 0.3) is 0 Å². The van der Waals surface area contributed by atoms with E-state index in [0.717, 1.165) is 64.2 Å². The van der Waals surface area contributed by atoms with Gasteiger partial charge in [0.2, 0.25) is 0 Å². The van der Waals surface area contributed by atoms with E-state index in [1.54, 1.807) is 17.4 Å². The number of rotatable bonds is 2. The molecule has 3 heterocycles. The van der Waals surface area contributed by atoms with E-state index in [2.05, 4.69) is 16.7 Å². The Balaban J connectivity index is 1.83. The van der Waals surface area contributed by atoms with Crippen LogP contribution in [0.2, 0.25) is 5.02 Å². The molecule has 0 unspecified atom stereocenters. The first-order valence-corrected chi connectivity index (χ1v) is 10.8. The zero-order valence-corrected chi connectivity index (χ0v) is 17.2. The molecule has 2 aromatic heterocycles. The number of benzene rings is 2. The summed E-state index contributed by atoms with van der Waals surface area (Å²) in [6.07, 6.45) is 0. The van der Waals surface area contributed by atoms with E-state index in [4.69, 9.17) is 16.6 Å². The van der Waals surface area contributed by atoms with Gasteiger partial charge in [-0.25, -0.2) is 4.98 Å². The van der Waals surface area contributed by atoms with Gasteiger partial charge in [0.05, 0.1) is 15.6 Å². The Morgan fingerprint density at radius 1 is 1.07 bits per heavy atom. The van der Waals surface area contributed by atoms with Gasteiger partial charge < -0.3 is 9.80 Å². The van der Waals surface area contributed by atoms with Crippen LogP contribution in [-0.2, 0) is 0 Å². The van der Waals surface area contributed by atoms with Crippen molar-refractivity contribution in [3.05, 3.63) is 57.7 Å². The summed E-state index contributed by atoms with van der Waals surface area (Å²) in [6.45, 7) is 7.15. The third-order valence-corrected chi connectivity index (χ3v) is 6.98. The van der Waals surface area contributed by atoms with Crippen LogP contribution in [0.4, 0.5) is 5.82 Å². The van der Waals surface area contributed by atoms with Gasteiger partial charge in [-0.2, -0.15) is 0 Å². The molecule has 0 saturated carbocycles. The maximum absolute atomic E-state index is 13.5. The minimum absolute atomic E-state index is 0.0401. The first-order chi connectivity index (χ1) is 13.7. The summed E-state index contributed by atoms with van der Waals surface area (Å²) < 4.78 is 1.93. The average molecular weight is 410 g/mol. The lowest BCUT2D eigenvalue weighted by molar-refractivity contribution is 0.271. The van der Waals surface area contributed by atoms with Crippen LogP contribution < -0.4 is 10.3 Å². The van der Waals surface area contributed by atoms with Crippen molar-refractivity contribution in [3.63, 3.8) is 0 Å². The highest BCUT2D eigenvalue weighted by Gasteiger charge is 2.22. The second-order valence-corrected chi connectivity index (χ2v) is 8.64. The lowest BCUT2D eigenvalue weighted by Gasteiger charge is -2.35. The van der Waals surface area contributed by atoms with Crippen LogP contribution >= 0.6 is 22.9 Å². The number of pyridine rings is 1. The number of hydrogen-bond acceptors (Lipinski definition) is 5. The van der Waals surface area contributed by atoms with E-state index in [-0.39, 0.29) is 5.43 Å². The first-order valence-electron chi connectivity index (χ1n) is 9.58. The van der Waals surface area contributed by atoms with Crippen LogP contribution in [0.1, 0.15) is 6.92 Å². The third kappa shape index (κ3) is 2.85. The van der Waals surface area contributed by atoms with Crippen molar-refractivity contribution < 1.29 is 0 Å². The topological polar surface area (TPSA) is 36.4 Å². The lowest BCUT2D eigenvalue weighted by Crippen LogP contribution is -2.46. The Bertz CT molecular complexity index is 1260. The van der Waals surface area contributed by atoms with Crippen LogP contribution in [0, 0.1) is 0 Å². The molecule has 0 atom stereocenters. The smallest absolute Gasteiger partial charge is 0.196 e. The fraction of sp³-hybridized carbons (Fsp3) is 0.273. The molecule has 1 fully saturated rings. The van der Waals surface area contributed by atoms with E-state index >= 15 is 0 Å². The average Bonchev–Trinajstić information content (AvgIpc) is 2.74. The number of para-hydroxylation sites is 1. The van der Waals surface area contributed by atoms with Crippen LogP contribution in [-0.4, -0.2) is 42.6 Å². The Hall–Kier alpha value is -2.21. The van der Waals surface area contributed by atoms with Gasteiger partial charge in [0.1, 0.15) is 5.82 Å². The van der Waals surface area contributed by atoms with E-state index < -0.39 is 0 Å². The molecule has 1 aliphatic rings. The molecule has 0 radical (unpaired) electrons. The zero-order chi connectivity index (χ0) is 19.3. The van der Waals surface area contributed by atoms with Crippen molar-refractivity contribution in [2.45, 2.75) is 6.92 Å². The second kappa shape index (κ2) is 6.99. The van der Waals surface area contributed by atoms with Crippen molar-refractivity contribution >= 4 is 59.8 Å². The van der Waals surface area contributed by atoms with Gasteiger partial charge in [-0.15, -0.1) is 11.3 Å². The van der Waals surface area contributed by atoms with Gasteiger partial charge in [0.15, 0.2) is 5.43 Å². The molecule has 0 bridgehead atoms. The minimum atomic E-state index is 0.0401. The number of hydrogen-bond donors (Lipinski definition) is 0. The molecule has 1 aliphatic heterocycles. The van der Waals surface area contributed by atoms with E-state index in [0.29, 0.717) is 10.4 Å². The number of aromatic nitrogens is 1. The maximum Gasteiger partial charge on any atom is 0.196 e. The zero-order valence-electron chi connectivity index (χ0n) is 15.6. The maximum atomic E-state index is 13.5. The van der Waals surface area contributed by atoms with Gasteiger partial charge in [-0.1, -0.05) is 36.7 Å². The summed E-state index contributed by atoms with van der Waals surface area (Å²) in [5.41, 5.74) is 0.909. The van der Waals surface area contributed by atoms with Crippen molar-refractivity contribution in [1.82, 2.24) is 9.88 Å². The van der Waals surface area contributed by atoms with E-state index in [1.165, 1.54) is 0 Å². The number of nitrogens with zero attached hydrogens (tertiary/aromatic N) is 3. The Morgan fingerprint density at radius 3 is 2.64 bits per heavy atom. The van der Waals surface area contributed by atoms with Crippen LogP contribution in [0.25, 0.3) is 31.1 Å². The van der Waals surface area contributed by atoms with Crippen LogP contribution in [0.3, 0.4) is 0 Å². The number of anilines is 1. The summed E-state index contributed by atoms with van der Waals surface area (Å²) in [5, 5.41) is 2.95. The normalized spacial score (nSPS) is 15.7. The van der Waals surface area contributed by atoms with Gasteiger partial charge >= 0.3 is 0 Å². The highest BCUT2D eigenvalue weighted by molar-refractivity contribution is 7.25. The van der Waals surface area contributed by atoms with Gasteiger partial charge in [-0.3, -0.25) is 4.79 Å². The Morgan fingerprint density at radius 2 is 1.86 bits per heavy atom. The van der Waals surface area contributed by atoms with Crippen molar-refractivity contribution in [2.24, 2.45) is 0 Å². The Kier molecular flexibility index (Phi) is 4.46. The molecule has 142 valence electrons. The molecular weight excluding hydrogens is 390 g/mol. The summed E-state index contributed by atoms with van der Waals surface area (Å²) >= 11 is 7.82. The highest BCUT2D eigenvalue weighted by Crippen LogP contribution is 2.36. The van der Waals surface area contributed by atoms with Gasteiger partial charge in [-0.05, 0) is 30.8 Å². The summed E-state index contributed by atoms with van der Waals surface area (Å²) in [6, 6.07) is 13.5. The summed E-state index contributed by atoms with van der Waals surface area (Å²) in [4.78, 5) is 23.3. The molecule has 0 aliphatic carbocycles. The lowest BCUT2D eigenvalue weighted by atomic mass is 10.1. The molecule has 0 amide bonds. The standard InChI is InChI=1S/C22H20ClN3OS/c1-2-25-9-11-26(12-10-25)22-21-19(15-5-3-4-6-17(15)24-22)20(27)16-13-14(23)7-8-18(16)28-21/h3-8,13H,2,9-12H2,1H3. The monoisotopic (exact) mass is 409 g/mol. The number of likely N-dealkylation sites (N-methyl/N-ethyl adjacent to an activating group) is 1. The minimum Gasteiger partial charge on any atom is -0.353 e. The number of halogens is 1. The number of piperazine rings is 1. The molecule has 5 rings (SSSR count). The second-order valence-electron chi connectivity index (χ2n) is 7.15. The molecule has 0 N–H and O–H groups in total. The molecule has 4 nitrogen and oxygen atoms in total. The molecular formula is C22H20ClN3OS. The molecule has 4 aromatic rings. The summed E-state index contributed by atoms with van der Waals surface area (Å²) in [7, 11) is 0. The van der Waals surface area contributed by atoms with Crippen LogP contribution in [0.15, 0.2) is 47.3 Å². The molecule has 28 heavy (non-hydrogen) atoms. The van der Waals surface area contributed by atoms with Crippen molar-refractivity contribution in [1.29, 1.82) is 0 Å². The molecule has 0 spiro atoms. The fourth-order valence-electron chi connectivity index (χ4n) is 4.01. The molecule has 2 aromatic carbocycles. The fourth-order valence-corrected chi connectivity index (χ4v) is 5.37. The predicted octanol–water partition coefficient (Wildman–Crippen LogP) is 4.76. The van der Waals surface area contributed by atoms with Crippen molar-refractivity contribution in [3.8, 4) is 0 Å². The largest absolute Gasteiger partial charge is 0.353 e. The van der Waals surface area contributed by atoms with Crippen LogP contribution in [0.5, 0.6) is 0 Å². The Labute approximate surface area is 172 Å². The van der Waals surface area contributed by atoms with Gasteiger partial charge in [0, 0.05) is 46.7 Å². The molecule has 6 heteroatoms. The third-order valence-electron chi connectivity index (χ3n) is 5.57. The number of fused-ring (bicyclic) bond motifs is 4. The highest BCUT2D eigenvalue weighted by atomic mass is 35.5. The first kappa shape index (κ1) is 17.9. The molecule has 1 saturated heterocycles. The van der Waals surface area contributed by atoms with E-state index in [9.17, 15) is 4.79 Å². The predicted molar refractivity (Wildman–Crippen MR) is 120 cm³/mol. The SMILES string of the molecule is CCN1CCN(c2nc3ccccc3c3c(=O)c4cc(Cl)ccc4sc23)CC1. The van der Waals surface area contributed by atoms with Crippen molar-refractivity contribution in [2.75, 3.05) is 37.6 Å². The quantitative estimate of drug-likeness (QED) is 0.353.